The maximum Gasteiger partial charge on any atom is 0.340 e. The molecule has 3 heterocycles. The SMILES string of the molecule is CCOc1cc(N(CC)CC)ccc1C1(C2OC(=O)c3cccnc32)OC(=O)c2ccccc21. The van der Waals surface area contributed by atoms with Crippen LogP contribution in [-0.2, 0) is 15.1 Å². The number of pyridine rings is 1. The molecule has 7 heteroatoms. The second kappa shape index (κ2) is 8.48. The van der Waals surface area contributed by atoms with E-state index in [0.29, 0.717) is 40.3 Å². The van der Waals surface area contributed by atoms with Crippen molar-refractivity contribution in [1.82, 2.24) is 4.98 Å². The van der Waals surface area contributed by atoms with Gasteiger partial charge in [0, 0.05) is 42.2 Å². The predicted molar refractivity (Wildman–Crippen MR) is 126 cm³/mol. The van der Waals surface area contributed by atoms with Crippen LogP contribution < -0.4 is 9.64 Å². The summed E-state index contributed by atoms with van der Waals surface area (Å²) in [5.41, 5.74) is 2.02. The normalized spacial score (nSPS) is 20.4. The molecule has 7 nitrogen and oxygen atoms in total. The number of rotatable bonds is 7. The van der Waals surface area contributed by atoms with E-state index in [1.165, 1.54) is 0 Å². The monoisotopic (exact) mass is 458 g/mol. The van der Waals surface area contributed by atoms with Crippen molar-refractivity contribution in [1.29, 1.82) is 0 Å². The van der Waals surface area contributed by atoms with Crippen LogP contribution in [0.3, 0.4) is 0 Å². The highest BCUT2D eigenvalue weighted by molar-refractivity contribution is 5.97. The molecule has 2 aliphatic rings. The molecule has 34 heavy (non-hydrogen) atoms. The fourth-order valence-electron chi connectivity index (χ4n) is 4.96. The molecule has 174 valence electrons. The van der Waals surface area contributed by atoms with Crippen LogP contribution in [0.4, 0.5) is 5.69 Å². The maximum atomic E-state index is 13.1. The van der Waals surface area contributed by atoms with Gasteiger partial charge in [-0.25, -0.2) is 9.59 Å². The van der Waals surface area contributed by atoms with E-state index >= 15 is 0 Å². The second-order valence-electron chi connectivity index (χ2n) is 8.18. The zero-order chi connectivity index (χ0) is 23.9. The third kappa shape index (κ3) is 3.15. The fraction of sp³-hybridized carbons (Fsp3) is 0.296. The highest BCUT2D eigenvalue weighted by Gasteiger charge is 2.59. The number of fused-ring (bicyclic) bond motifs is 2. The Morgan fingerprint density at radius 1 is 0.941 bits per heavy atom. The van der Waals surface area contributed by atoms with Gasteiger partial charge in [-0.05, 0) is 51.1 Å². The number of hydrogen-bond acceptors (Lipinski definition) is 7. The number of aromatic nitrogens is 1. The number of carbonyl (C=O) groups excluding carboxylic acids is 2. The highest BCUT2D eigenvalue weighted by atomic mass is 16.6. The molecule has 0 spiro atoms. The zero-order valence-corrected chi connectivity index (χ0v) is 19.4. The predicted octanol–water partition coefficient (Wildman–Crippen LogP) is 4.65. The first kappa shape index (κ1) is 21.9. The number of benzene rings is 2. The Kier molecular flexibility index (Phi) is 5.48. The van der Waals surface area contributed by atoms with Crippen molar-refractivity contribution in [2.45, 2.75) is 32.5 Å². The van der Waals surface area contributed by atoms with Gasteiger partial charge in [-0.2, -0.15) is 0 Å². The smallest absolute Gasteiger partial charge is 0.340 e. The van der Waals surface area contributed by atoms with Gasteiger partial charge in [0.2, 0.25) is 5.60 Å². The molecular weight excluding hydrogens is 432 g/mol. The third-order valence-corrected chi connectivity index (χ3v) is 6.50. The summed E-state index contributed by atoms with van der Waals surface area (Å²) < 4.78 is 18.2. The van der Waals surface area contributed by atoms with E-state index < -0.39 is 23.6 Å². The average molecular weight is 459 g/mol. The van der Waals surface area contributed by atoms with Crippen molar-refractivity contribution in [3.8, 4) is 5.75 Å². The van der Waals surface area contributed by atoms with Gasteiger partial charge in [-0.1, -0.05) is 18.2 Å². The summed E-state index contributed by atoms with van der Waals surface area (Å²) in [5.74, 6) is -0.409. The van der Waals surface area contributed by atoms with E-state index in [-0.39, 0.29) is 0 Å². The van der Waals surface area contributed by atoms with Gasteiger partial charge >= 0.3 is 11.9 Å². The standard InChI is InChI=1S/C27H26N2O5/c1-4-29(5-2)17-13-14-21(22(16-17)32-6-3)27(20-12-8-7-10-18(20)26(31)34-27)24-23-19(25(30)33-24)11-9-15-28-23/h7-16,24H,4-6H2,1-3H3. The number of ether oxygens (including phenoxy) is 3. The lowest BCUT2D eigenvalue weighted by molar-refractivity contribution is -0.0681. The van der Waals surface area contributed by atoms with Crippen molar-refractivity contribution >= 4 is 17.6 Å². The molecule has 5 rings (SSSR count). The molecule has 0 radical (unpaired) electrons. The molecular formula is C27H26N2O5. The largest absolute Gasteiger partial charge is 0.493 e. The summed E-state index contributed by atoms with van der Waals surface area (Å²) in [6.07, 6.45) is 0.652. The number of esters is 2. The van der Waals surface area contributed by atoms with Crippen molar-refractivity contribution in [3.05, 3.63) is 88.7 Å². The molecule has 0 N–H and O–H groups in total. The van der Waals surface area contributed by atoms with Gasteiger partial charge in [0.25, 0.3) is 0 Å². The third-order valence-electron chi connectivity index (χ3n) is 6.50. The first-order chi connectivity index (χ1) is 16.5. The number of cyclic esters (lactones) is 2. The summed E-state index contributed by atoms with van der Waals surface area (Å²) in [7, 11) is 0. The van der Waals surface area contributed by atoms with Crippen LogP contribution in [0.25, 0.3) is 0 Å². The molecule has 2 atom stereocenters. The molecule has 0 amide bonds. The minimum Gasteiger partial charge on any atom is -0.493 e. The minimum absolute atomic E-state index is 0.366. The molecule has 2 aliphatic heterocycles. The number of nitrogens with zero attached hydrogens (tertiary/aromatic N) is 2. The van der Waals surface area contributed by atoms with E-state index in [2.05, 4.69) is 23.7 Å². The van der Waals surface area contributed by atoms with Crippen LogP contribution in [0.2, 0.25) is 0 Å². The molecule has 0 fully saturated rings. The first-order valence-corrected chi connectivity index (χ1v) is 11.6. The van der Waals surface area contributed by atoms with Gasteiger partial charge in [0.1, 0.15) is 11.4 Å². The van der Waals surface area contributed by atoms with E-state index in [9.17, 15) is 9.59 Å². The second-order valence-corrected chi connectivity index (χ2v) is 8.18. The van der Waals surface area contributed by atoms with Gasteiger partial charge in [-0.3, -0.25) is 4.98 Å². The van der Waals surface area contributed by atoms with Gasteiger partial charge in [0.15, 0.2) is 6.10 Å². The summed E-state index contributed by atoms with van der Waals surface area (Å²) in [6.45, 7) is 8.18. The molecule has 0 bridgehead atoms. The fourth-order valence-corrected chi connectivity index (χ4v) is 4.96. The highest BCUT2D eigenvalue weighted by Crippen LogP contribution is 2.56. The van der Waals surface area contributed by atoms with Crippen LogP contribution in [0.15, 0.2) is 60.8 Å². The summed E-state index contributed by atoms with van der Waals surface area (Å²) in [5, 5.41) is 0. The molecule has 2 aromatic carbocycles. The lowest BCUT2D eigenvalue weighted by atomic mass is 9.79. The van der Waals surface area contributed by atoms with Gasteiger partial charge in [-0.15, -0.1) is 0 Å². The number of anilines is 1. The van der Waals surface area contributed by atoms with E-state index in [4.69, 9.17) is 14.2 Å². The molecule has 0 saturated heterocycles. The van der Waals surface area contributed by atoms with Gasteiger partial charge < -0.3 is 19.1 Å². The van der Waals surface area contributed by atoms with Crippen molar-refractivity contribution in [3.63, 3.8) is 0 Å². The van der Waals surface area contributed by atoms with Crippen LogP contribution in [-0.4, -0.2) is 36.6 Å². The molecule has 0 saturated carbocycles. The van der Waals surface area contributed by atoms with Crippen molar-refractivity contribution in [2.75, 3.05) is 24.6 Å². The van der Waals surface area contributed by atoms with Crippen LogP contribution in [0.5, 0.6) is 5.75 Å². The quantitative estimate of drug-likeness (QED) is 0.477. The van der Waals surface area contributed by atoms with Crippen LogP contribution in [0, 0.1) is 0 Å². The van der Waals surface area contributed by atoms with Crippen LogP contribution in [0.1, 0.15) is 64.4 Å². The summed E-state index contributed by atoms with van der Waals surface area (Å²) in [6, 6.07) is 16.4. The number of hydrogen-bond donors (Lipinski definition) is 0. The van der Waals surface area contributed by atoms with E-state index in [1.54, 1.807) is 30.5 Å². The van der Waals surface area contributed by atoms with Crippen LogP contribution >= 0.6 is 0 Å². The Bertz CT molecular complexity index is 1270. The molecule has 0 aliphatic carbocycles. The Morgan fingerprint density at radius 2 is 1.71 bits per heavy atom. The van der Waals surface area contributed by atoms with Crippen molar-refractivity contribution < 1.29 is 23.8 Å². The van der Waals surface area contributed by atoms with Crippen molar-refractivity contribution in [2.24, 2.45) is 0 Å². The lowest BCUT2D eigenvalue weighted by Crippen LogP contribution is -2.36. The topological polar surface area (TPSA) is 78.0 Å². The Hall–Kier alpha value is -3.87. The lowest BCUT2D eigenvalue weighted by Gasteiger charge is -2.35. The average Bonchev–Trinajstić information content (AvgIpc) is 3.36. The Labute approximate surface area is 198 Å². The maximum absolute atomic E-state index is 13.1. The Balaban J connectivity index is 1.79. The molecule has 1 aromatic heterocycles. The van der Waals surface area contributed by atoms with E-state index in [1.807, 2.05) is 37.3 Å². The van der Waals surface area contributed by atoms with Gasteiger partial charge in [0.05, 0.1) is 17.7 Å². The summed E-state index contributed by atoms with van der Waals surface area (Å²) >= 11 is 0. The molecule has 2 unspecified atom stereocenters. The zero-order valence-electron chi connectivity index (χ0n) is 19.4. The minimum atomic E-state index is -1.44. The van der Waals surface area contributed by atoms with E-state index in [0.717, 1.165) is 18.8 Å². The Morgan fingerprint density at radius 3 is 2.47 bits per heavy atom. The first-order valence-electron chi connectivity index (χ1n) is 11.6. The summed E-state index contributed by atoms with van der Waals surface area (Å²) in [4.78, 5) is 32.6. The molecule has 3 aromatic rings. The number of carbonyl (C=O) groups is 2.